The van der Waals surface area contributed by atoms with Gasteiger partial charge in [-0.25, -0.2) is 0 Å². The summed E-state index contributed by atoms with van der Waals surface area (Å²) in [5.74, 6) is 0. The third-order valence-corrected chi connectivity index (χ3v) is 2.24. The Labute approximate surface area is 75.0 Å². The van der Waals surface area contributed by atoms with E-state index in [1.165, 1.54) is 0 Å². The van der Waals surface area contributed by atoms with Gasteiger partial charge in [0.1, 0.15) is 0 Å². The lowest BCUT2D eigenvalue weighted by molar-refractivity contribution is 0.908. The third-order valence-electron chi connectivity index (χ3n) is 1.52. The molecule has 11 heavy (non-hydrogen) atoms. The Balaban J connectivity index is 3.02. The van der Waals surface area contributed by atoms with Crippen LogP contribution in [0.4, 0.5) is 0 Å². The molecular weight excluding hydrogens is 202 g/mol. The topological polar surface area (TPSA) is 26.0 Å². The molecule has 1 aromatic carbocycles. The molecule has 2 N–H and O–H groups in total. The fourth-order valence-corrected chi connectivity index (χ4v) is 1.42. The lowest BCUT2D eigenvalue weighted by Crippen LogP contribution is -2.06. The van der Waals surface area contributed by atoms with Gasteiger partial charge in [0.25, 0.3) is 0 Å². The van der Waals surface area contributed by atoms with E-state index >= 15 is 0 Å². The average molecular weight is 212 g/mol. The molecule has 0 aromatic heterocycles. The van der Waals surface area contributed by atoms with E-state index < -0.39 is 0 Å². The molecule has 0 aliphatic rings. The quantitative estimate of drug-likeness (QED) is 0.749. The highest BCUT2D eigenvalue weighted by Gasteiger charge is 2.03. The summed E-state index contributed by atoms with van der Waals surface area (Å²) in [5.41, 5.74) is 6.82. The highest BCUT2D eigenvalue weighted by Crippen LogP contribution is 2.21. The van der Waals surface area contributed by atoms with Crippen molar-refractivity contribution < 1.29 is 0 Å². The van der Waals surface area contributed by atoms with Crippen molar-refractivity contribution in [1.82, 2.24) is 0 Å². The summed E-state index contributed by atoms with van der Waals surface area (Å²) in [4.78, 5) is 0. The van der Waals surface area contributed by atoms with Crippen molar-refractivity contribution in [2.24, 2.45) is 5.73 Å². The standard InChI is InChI=1S/C9H10BrN/c1-2-9(11)7-5-3-4-6-8(7)10/h2-6,9H,1,11H2. The maximum atomic E-state index is 5.75. The van der Waals surface area contributed by atoms with Gasteiger partial charge in [0, 0.05) is 10.5 Å². The van der Waals surface area contributed by atoms with Gasteiger partial charge >= 0.3 is 0 Å². The number of hydrogen-bond acceptors (Lipinski definition) is 1. The van der Waals surface area contributed by atoms with Crippen molar-refractivity contribution >= 4 is 15.9 Å². The summed E-state index contributed by atoms with van der Waals surface area (Å²) in [6.07, 6.45) is 1.72. The lowest BCUT2D eigenvalue weighted by atomic mass is 10.1. The molecular formula is C9H10BrN. The fraction of sp³-hybridized carbons (Fsp3) is 0.111. The second kappa shape index (κ2) is 3.69. The smallest absolute Gasteiger partial charge is 0.0489 e. The maximum absolute atomic E-state index is 5.75. The molecule has 0 saturated carbocycles. The summed E-state index contributed by atoms with van der Waals surface area (Å²) >= 11 is 3.41. The van der Waals surface area contributed by atoms with Gasteiger partial charge in [0.15, 0.2) is 0 Å². The van der Waals surface area contributed by atoms with Crippen LogP contribution in [0.2, 0.25) is 0 Å². The first-order chi connectivity index (χ1) is 5.25. The van der Waals surface area contributed by atoms with E-state index in [9.17, 15) is 0 Å². The van der Waals surface area contributed by atoms with Crippen molar-refractivity contribution in [3.63, 3.8) is 0 Å². The van der Waals surface area contributed by atoms with Crippen molar-refractivity contribution in [2.45, 2.75) is 6.04 Å². The maximum Gasteiger partial charge on any atom is 0.0489 e. The van der Waals surface area contributed by atoms with Gasteiger partial charge in [0.05, 0.1) is 0 Å². The molecule has 0 aliphatic carbocycles. The highest BCUT2D eigenvalue weighted by molar-refractivity contribution is 9.10. The minimum Gasteiger partial charge on any atom is -0.321 e. The molecule has 0 fully saturated rings. The molecule has 1 aromatic rings. The van der Waals surface area contributed by atoms with E-state index in [-0.39, 0.29) is 6.04 Å². The molecule has 0 saturated heterocycles. The Kier molecular flexibility index (Phi) is 2.85. The number of halogens is 1. The molecule has 1 unspecified atom stereocenters. The predicted molar refractivity (Wildman–Crippen MR) is 51.3 cm³/mol. The first-order valence-corrected chi connectivity index (χ1v) is 4.17. The first-order valence-electron chi connectivity index (χ1n) is 3.38. The van der Waals surface area contributed by atoms with Crippen LogP contribution < -0.4 is 5.73 Å². The minimum atomic E-state index is -0.0782. The van der Waals surface area contributed by atoms with Crippen LogP contribution in [-0.2, 0) is 0 Å². The normalized spacial score (nSPS) is 12.5. The van der Waals surface area contributed by atoms with Crippen molar-refractivity contribution in [1.29, 1.82) is 0 Å². The molecule has 0 radical (unpaired) electrons. The monoisotopic (exact) mass is 211 g/mol. The van der Waals surface area contributed by atoms with Crippen LogP contribution in [0, 0.1) is 0 Å². The first kappa shape index (κ1) is 8.50. The fourth-order valence-electron chi connectivity index (χ4n) is 0.872. The lowest BCUT2D eigenvalue weighted by Gasteiger charge is -2.07. The number of hydrogen-bond donors (Lipinski definition) is 1. The van der Waals surface area contributed by atoms with Crippen LogP contribution in [0.5, 0.6) is 0 Å². The molecule has 1 nitrogen and oxygen atoms in total. The zero-order chi connectivity index (χ0) is 8.27. The Bertz CT molecular complexity index is 257. The van der Waals surface area contributed by atoms with Gasteiger partial charge in [-0.05, 0) is 11.6 Å². The molecule has 58 valence electrons. The molecule has 0 spiro atoms. The predicted octanol–water partition coefficient (Wildman–Crippen LogP) is 2.63. The molecule has 1 atom stereocenters. The van der Waals surface area contributed by atoms with Crippen LogP contribution in [0.25, 0.3) is 0 Å². The molecule has 2 heteroatoms. The summed E-state index contributed by atoms with van der Waals surface area (Å²) in [5, 5.41) is 0. The van der Waals surface area contributed by atoms with Gasteiger partial charge < -0.3 is 5.73 Å². The van der Waals surface area contributed by atoms with Gasteiger partial charge in [-0.2, -0.15) is 0 Å². The summed E-state index contributed by atoms with van der Waals surface area (Å²) in [6, 6.07) is 7.80. The summed E-state index contributed by atoms with van der Waals surface area (Å²) < 4.78 is 1.03. The zero-order valence-electron chi connectivity index (χ0n) is 6.13. The average Bonchev–Trinajstić information content (AvgIpc) is 2.04. The van der Waals surface area contributed by atoms with E-state index in [0.717, 1.165) is 10.0 Å². The summed E-state index contributed by atoms with van der Waals surface area (Å²) in [6.45, 7) is 3.63. The van der Waals surface area contributed by atoms with Gasteiger partial charge in [0.2, 0.25) is 0 Å². The second-order valence-electron chi connectivity index (χ2n) is 2.28. The van der Waals surface area contributed by atoms with Gasteiger partial charge in [-0.3, -0.25) is 0 Å². The second-order valence-corrected chi connectivity index (χ2v) is 3.14. The van der Waals surface area contributed by atoms with Crippen LogP contribution >= 0.6 is 15.9 Å². The van der Waals surface area contributed by atoms with Crippen molar-refractivity contribution in [3.05, 3.63) is 47.0 Å². The van der Waals surface area contributed by atoms with Crippen molar-refractivity contribution in [2.75, 3.05) is 0 Å². The van der Waals surface area contributed by atoms with Crippen LogP contribution in [0.1, 0.15) is 11.6 Å². The molecule has 0 heterocycles. The Hall–Kier alpha value is -0.600. The van der Waals surface area contributed by atoms with Gasteiger partial charge in [-0.1, -0.05) is 40.2 Å². The van der Waals surface area contributed by atoms with Crippen molar-refractivity contribution in [3.8, 4) is 0 Å². The number of nitrogens with two attached hydrogens (primary N) is 1. The largest absolute Gasteiger partial charge is 0.321 e. The Morgan fingerprint density at radius 2 is 2.09 bits per heavy atom. The van der Waals surface area contributed by atoms with E-state index in [0.29, 0.717) is 0 Å². The van der Waals surface area contributed by atoms with E-state index in [1.807, 2.05) is 24.3 Å². The van der Waals surface area contributed by atoms with E-state index in [4.69, 9.17) is 5.73 Å². The zero-order valence-corrected chi connectivity index (χ0v) is 7.71. The highest BCUT2D eigenvalue weighted by atomic mass is 79.9. The number of rotatable bonds is 2. The number of benzene rings is 1. The van der Waals surface area contributed by atoms with Crippen LogP contribution in [-0.4, -0.2) is 0 Å². The Morgan fingerprint density at radius 1 is 1.45 bits per heavy atom. The minimum absolute atomic E-state index is 0.0782. The Morgan fingerprint density at radius 3 is 2.64 bits per heavy atom. The molecule has 0 amide bonds. The van der Waals surface area contributed by atoms with Crippen LogP contribution in [0.15, 0.2) is 41.4 Å². The van der Waals surface area contributed by atoms with E-state index in [1.54, 1.807) is 6.08 Å². The SMILES string of the molecule is C=CC(N)c1ccccc1Br. The van der Waals surface area contributed by atoms with Crippen LogP contribution in [0.3, 0.4) is 0 Å². The van der Waals surface area contributed by atoms with E-state index in [2.05, 4.69) is 22.5 Å². The summed E-state index contributed by atoms with van der Waals surface area (Å²) in [7, 11) is 0. The molecule has 0 bridgehead atoms. The third kappa shape index (κ3) is 1.91. The molecule has 1 rings (SSSR count). The molecule has 0 aliphatic heterocycles. The van der Waals surface area contributed by atoms with Gasteiger partial charge in [-0.15, -0.1) is 6.58 Å².